The zero-order valence-corrected chi connectivity index (χ0v) is 18.2. The SMILES string of the molecule is COC=CC(=O)O.Cc1ccccc1C=C(F)c1nc(-c2ccc(Br)cc2)cs1. The van der Waals surface area contributed by atoms with Gasteiger partial charge in [0.2, 0.25) is 0 Å². The van der Waals surface area contributed by atoms with Crippen LogP contribution in [0.25, 0.3) is 23.2 Å². The highest BCUT2D eigenvalue weighted by Crippen LogP contribution is 2.29. The Hall–Kier alpha value is -2.77. The van der Waals surface area contributed by atoms with Crippen LogP contribution in [0.15, 0.2) is 70.7 Å². The third kappa shape index (κ3) is 7.29. The highest BCUT2D eigenvalue weighted by atomic mass is 79.9. The third-order valence-corrected chi connectivity index (χ3v) is 5.05. The second-order valence-electron chi connectivity index (χ2n) is 5.77. The number of benzene rings is 2. The average Bonchev–Trinajstić information content (AvgIpc) is 3.19. The van der Waals surface area contributed by atoms with Crippen LogP contribution in [0.3, 0.4) is 0 Å². The molecule has 3 rings (SSSR count). The summed E-state index contributed by atoms with van der Waals surface area (Å²) in [6.45, 7) is 1.97. The van der Waals surface area contributed by atoms with E-state index in [0.29, 0.717) is 5.01 Å². The van der Waals surface area contributed by atoms with E-state index < -0.39 is 5.97 Å². The number of thiazole rings is 1. The zero-order chi connectivity index (χ0) is 21.2. The molecule has 3 aromatic rings. The van der Waals surface area contributed by atoms with Crippen LogP contribution >= 0.6 is 27.3 Å². The van der Waals surface area contributed by atoms with Gasteiger partial charge in [-0.05, 0) is 36.3 Å². The molecule has 0 saturated heterocycles. The first-order valence-corrected chi connectivity index (χ1v) is 10.1. The van der Waals surface area contributed by atoms with E-state index >= 15 is 0 Å². The van der Waals surface area contributed by atoms with E-state index in [0.717, 1.165) is 39.2 Å². The molecule has 0 radical (unpaired) electrons. The first kappa shape index (κ1) is 22.5. The molecule has 2 aromatic carbocycles. The molecular weight excluding hydrogens is 457 g/mol. The first-order valence-electron chi connectivity index (χ1n) is 8.47. The maximum Gasteiger partial charge on any atom is 0.331 e. The van der Waals surface area contributed by atoms with E-state index in [4.69, 9.17) is 5.11 Å². The molecule has 7 heteroatoms. The monoisotopic (exact) mass is 475 g/mol. The average molecular weight is 476 g/mol. The van der Waals surface area contributed by atoms with E-state index in [-0.39, 0.29) is 5.83 Å². The summed E-state index contributed by atoms with van der Waals surface area (Å²) in [6, 6.07) is 15.5. The topological polar surface area (TPSA) is 59.4 Å². The fraction of sp³-hybridized carbons (Fsp3) is 0.0909. The van der Waals surface area contributed by atoms with Gasteiger partial charge in [0.25, 0.3) is 0 Å². The molecule has 0 aliphatic carbocycles. The van der Waals surface area contributed by atoms with Crippen LogP contribution in [0, 0.1) is 6.92 Å². The maximum absolute atomic E-state index is 14.4. The molecule has 1 N–H and O–H groups in total. The quantitative estimate of drug-likeness (QED) is 0.334. The number of ether oxygens (including phenoxy) is 1. The summed E-state index contributed by atoms with van der Waals surface area (Å²) < 4.78 is 19.7. The Bertz CT molecular complexity index is 1010. The van der Waals surface area contributed by atoms with Crippen molar-refractivity contribution in [3.8, 4) is 11.3 Å². The molecule has 0 aliphatic heterocycles. The van der Waals surface area contributed by atoms with Crippen LogP contribution in [-0.2, 0) is 9.53 Å². The smallest absolute Gasteiger partial charge is 0.331 e. The lowest BCUT2D eigenvalue weighted by atomic mass is 10.1. The second-order valence-corrected chi connectivity index (χ2v) is 7.54. The summed E-state index contributed by atoms with van der Waals surface area (Å²) in [5.41, 5.74) is 3.69. The molecule has 0 amide bonds. The highest BCUT2D eigenvalue weighted by molar-refractivity contribution is 9.10. The molecule has 29 heavy (non-hydrogen) atoms. The number of rotatable bonds is 5. The van der Waals surface area contributed by atoms with Gasteiger partial charge in [0, 0.05) is 15.4 Å². The number of aromatic nitrogens is 1. The summed E-state index contributed by atoms with van der Waals surface area (Å²) >= 11 is 4.72. The molecule has 0 fully saturated rings. The van der Waals surface area contributed by atoms with Crippen molar-refractivity contribution in [1.82, 2.24) is 4.98 Å². The Labute approximate surface area is 181 Å². The molecule has 0 saturated carbocycles. The Balaban J connectivity index is 0.000000370. The van der Waals surface area contributed by atoms with E-state index in [1.54, 1.807) is 6.08 Å². The minimum Gasteiger partial charge on any atom is -0.504 e. The van der Waals surface area contributed by atoms with Gasteiger partial charge in [0.05, 0.1) is 25.1 Å². The molecule has 4 nitrogen and oxygen atoms in total. The molecular formula is C22H19BrFNO3S. The summed E-state index contributed by atoms with van der Waals surface area (Å²) in [4.78, 5) is 14.0. The standard InChI is InChI=1S/C18H13BrFNS.C4H6O3/c1-12-4-2-3-5-14(12)10-16(20)18-21-17(11-22-18)13-6-8-15(19)9-7-13;1-7-3-2-4(5)6/h2-11H,1H3;2-3H,1H3,(H,5,6). The van der Waals surface area contributed by atoms with Crippen molar-refractivity contribution >= 4 is 45.1 Å². The van der Waals surface area contributed by atoms with Crippen molar-refractivity contribution in [3.63, 3.8) is 0 Å². The number of carboxylic acids is 1. The Morgan fingerprint density at radius 2 is 1.90 bits per heavy atom. The van der Waals surface area contributed by atoms with Crippen molar-refractivity contribution < 1.29 is 19.0 Å². The minimum absolute atomic E-state index is 0.303. The van der Waals surface area contributed by atoms with Gasteiger partial charge >= 0.3 is 5.97 Å². The number of aryl methyl sites for hydroxylation is 1. The molecule has 0 unspecified atom stereocenters. The van der Waals surface area contributed by atoms with E-state index in [1.165, 1.54) is 18.4 Å². The van der Waals surface area contributed by atoms with Gasteiger partial charge in [-0.25, -0.2) is 14.2 Å². The van der Waals surface area contributed by atoms with Crippen molar-refractivity contribution in [3.05, 3.63) is 86.9 Å². The van der Waals surface area contributed by atoms with Gasteiger partial charge in [0.15, 0.2) is 10.8 Å². The van der Waals surface area contributed by atoms with Gasteiger partial charge < -0.3 is 9.84 Å². The lowest BCUT2D eigenvalue weighted by molar-refractivity contribution is -0.131. The lowest BCUT2D eigenvalue weighted by Crippen LogP contribution is -1.85. The number of carboxylic acid groups (broad SMARTS) is 1. The third-order valence-electron chi connectivity index (χ3n) is 3.67. The van der Waals surface area contributed by atoms with Crippen LogP contribution in [0.4, 0.5) is 4.39 Å². The molecule has 1 aromatic heterocycles. The summed E-state index contributed by atoms with van der Waals surface area (Å²) in [7, 11) is 1.39. The number of methoxy groups -OCH3 is 1. The number of aliphatic carboxylic acids is 1. The normalized spacial score (nSPS) is 11.1. The number of carbonyl (C=O) groups is 1. The van der Waals surface area contributed by atoms with Crippen LogP contribution in [0.1, 0.15) is 16.1 Å². The van der Waals surface area contributed by atoms with Crippen LogP contribution in [-0.4, -0.2) is 23.2 Å². The zero-order valence-electron chi connectivity index (χ0n) is 15.8. The molecule has 0 spiro atoms. The van der Waals surface area contributed by atoms with Crippen LogP contribution < -0.4 is 0 Å². The van der Waals surface area contributed by atoms with Gasteiger partial charge in [0.1, 0.15) is 0 Å². The minimum atomic E-state index is -0.998. The number of halogens is 2. The van der Waals surface area contributed by atoms with Crippen molar-refractivity contribution in [2.75, 3.05) is 7.11 Å². The molecule has 0 aliphatic rings. The lowest BCUT2D eigenvalue weighted by Gasteiger charge is -1.99. The highest BCUT2D eigenvalue weighted by Gasteiger charge is 2.09. The summed E-state index contributed by atoms with van der Waals surface area (Å²) in [5, 5.41) is 10.2. The largest absolute Gasteiger partial charge is 0.504 e. The maximum atomic E-state index is 14.4. The predicted octanol–water partition coefficient (Wildman–Crippen LogP) is 6.58. The van der Waals surface area contributed by atoms with Crippen LogP contribution in [0.5, 0.6) is 0 Å². The van der Waals surface area contributed by atoms with Gasteiger partial charge in [-0.3, -0.25) is 0 Å². The number of nitrogens with zero attached hydrogens (tertiary/aromatic N) is 1. The summed E-state index contributed by atoms with van der Waals surface area (Å²) in [5.74, 6) is -1.30. The molecule has 150 valence electrons. The fourth-order valence-electron chi connectivity index (χ4n) is 2.21. The van der Waals surface area contributed by atoms with Crippen molar-refractivity contribution in [2.24, 2.45) is 0 Å². The van der Waals surface area contributed by atoms with Gasteiger partial charge in [-0.2, -0.15) is 0 Å². The molecule has 0 bridgehead atoms. The van der Waals surface area contributed by atoms with Crippen molar-refractivity contribution in [2.45, 2.75) is 6.92 Å². The predicted molar refractivity (Wildman–Crippen MR) is 119 cm³/mol. The van der Waals surface area contributed by atoms with Crippen molar-refractivity contribution in [1.29, 1.82) is 0 Å². The van der Waals surface area contributed by atoms with Gasteiger partial charge in [-0.15, -0.1) is 11.3 Å². The molecule has 0 atom stereocenters. The number of hydrogen-bond donors (Lipinski definition) is 1. The fourth-order valence-corrected chi connectivity index (χ4v) is 3.21. The number of hydrogen-bond acceptors (Lipinski definition) is 4. The van der Waals surface area contributed by atoms with Gasteiger partial charge in [-0.1, -0.05) is 52.3 Å². The second kappa shape index (κ2) is 11.3. The molecule has 1 heterocycles. The van der Waals surface area contributed by atoms with E-state index in [1.807, 2.05) is 60.8 Å². The Morgan fingerprint density at radius 1 is 1.21 bits per heavy atom. The van der Waals surface area contributed by atoms with E-state index in [9.17, 15) is 9.18 Å². The van der Waals surface area contributed by atoms with E-state index in [2.05, 4.69) is 25.7 Å². The summed E-state index contributed by atoms with van der Waals surface area (Å²) in [6.07, 6.45) is 3.56. The first-order chi connectivity index (χ1) is 13.9. The Kier molecular flexibility index (Phi) is 8.76. The van der Waals surface area contributed by atoms with Crippen LogP contribution in [0.2, 0.25) is 0 Å². The Morgan fingerprint density at radius 3 is 2.48 bits per heavy atom.